The Labute approximate surface area is 116 Å². The molecule has 110 valence electrons. The number of carbonyl (C=O) groups is 2. The zero-order chi connectivity index (χ0) is 15.1. The molecular formula is C14H17FO5. The van der Waals surface area contributed by atoms with Crippen molar-refractivity contribution in [1.29, 1.82) is 0 Å². The van der Waals surface area contributed by atoms with Gasteiger partial charge in [-0.1, -0.05) is 13.3 Å². The molecule has 0 saturated carbocycles. The Morgan fingerprint density at radius 2 is 2.00 bits per heavy atom. The molecule has 0 bridgehead atoms. The molecule has 0 aromatic heterocycles. The molecule has 6 heteroatoms. The van der Waals surface area contributed by atoms with Crippen molar-refractivity contribution in [2.75, 3.05) is 6.61 Å². The number of ether oxygens (including phenoxy) is 2. The topological polar surface area (TPSA) is 72.8 Å². The fraction of sp³-hybridized carbons (Fsp3) is 0.429. The van der Waals surface area contributed by atoms with Gasteiger partial charge in [0.15, 0.2) is 6.10 Å². The first-order chi connectivity index (χ1) is 9.47. The van der Waals surface area contributed by atoms with Crippen LogP contribution in [0.5, 0.6) is 5.75 Å². The van der Waals surface area contributed by atoms with E-state index >= 15 is 0 Å². The average Bonchev–Trinajstić information content (AvgIpc) is 2.37. The minimum Gasteiger partial charge on any atom is -0.479 e. The van der Waals surface area contributed by atoms with Crippen LogP contribution in [-0.4, -0.2) is 29.8 Å². The maximum atomic E-state index is 13.3. The first-order valence-electron chi connectivity index (χ1n) is 6.35. The number of rotatable bonds is 7. The second-order valence-electron chi connectivity index (χ2n) is 4.13. The summed E-state index contributed by atoms with van der Waals surface area (Å²) in [6, 6.07) is 3.09. The van der Waals surface area contributed by atoms with Gasteiger partial charge in [0.25, 0.3) is 0 Å². The van der Waals surface area contributed by atoms with Crippen LogP contribution in [0.2, 0.25) is 0 Å². The maximum absolute atomic E-state index is 13.3. The summed E-state index contributed by atoms with van der Waals surface area (Å²) in [6.45, 7) is 3.75. The Bertz CT molecular complexity index is 486. The summed E-state index contributed by atoms with van der Waals surface area (Å²) >= 11 is 0. The van der Waals surface area contributed by atoms with Gasteiger partial charge in [0.05, 0.1) is 12.2 Å². The van der Waals surface area contributed by atoms with Crippen molar-refractivity contribution >= 4 is 11.9 Å². The highest BCUT2D eigenvalue weighted by Gasteiger charge is 2.21. The van der Waals surface area contributed by atoms with Gasteiger partial charge < -0.3 is 14.6 Å². The molecule has 1 N–H and O–H groups in total. The Balaban J connectivity index is 2.92. The SMILES string of the molecule is CCCC(Oc1cc(F)cc(C(=O)O)c1)C(=O)OCC. The van der Waals surface area contributed by atoms with E-state index in [0.717, 1.165) is 12.1 Å². The number of carboxylic acid groups (broad SMARTS) is 1. The molecule has 1 aromatic carbocycles. The summed E-state index contributed by atoms with van der Waals surface area (Å²) in [5, 5.41) is 8.85. The third-order valence-electron chi connectivity index (χ3n) is 2.50. The number of halogens is 1. The van der Waals surface area contributed by atoms with Gasteiger partial charge in [-0.25, -0.2) is 14.0 Å². The minimum atomic E-state index is -1.27. The van der Waals surface area contributed by atoms with Crippen molar-refractivity contribution in [2.45, 2.75) is 32.8 Å². The largest absolute Gasteiger partial charge is 0.479 e. The molecule has 0 aliphatic rings. The van der Waals surface area contributed by atoms with Crippen LogP contribution in [0.3, 0.4) is 0 Å². The third kappa shape index (κ3) is 4.53. The molecule has 0 radical (unpaired) electrons. The van der Waals surface area contributed by atoms with Crippen LogP contribution in [0, 0.1) is 5.82 Å². The molecule has 0 saturated heterocycles. The third-order valence-corrected chi connectivity index (χ3v) is 2.50. The first kappa shape index (κ1) is 15.9. The van der Waals surface area contributed by atoms with Gasteiger partial charge in [-0.3, -0.25) is 0 Å². The summed E-state index contributed by atoms with van der Waals surface area (Å²) in [5.41, 5.74) is -0.237. The molecule has 1 unspecified atom stereocenters. The van der Waals surface area contributed by atoms with E-state index in [0.29, 0.717) is 12.8 Å². The second-order valence-corrected chi connectivity index (χ2v) is 4.13. The van der Waals surface area contributed by atoms with Crippen molar-refractivity contribution in [1.82, 2.24) is 0 Å². The highest BCUT2D eigenvalue weighted by atomic mass is 19.1. The molecule has 1 rings (SSSR count). The van der Waals surface area contributed by atoms with E-state index in [1.54, 1.807) is 6.92 Å². The monoisotopic (exact) mass is 284 g/mol. The Hall–Kier alpha value is -2.11. The van der Waals surface area contributed by atoms with Crippen LogP contribution in [0.1, 0.15) is 37.0 Å². The standard InChI is InChI=1S/C14H17FO5/c1-3-5-12(14(18)19-4-2)20-11-7-9(13(16)17)6-10(15)8-11/h6-8,12H,3-5H2,1-2H3,(H,16,17). The molecule has 1 aromatic rings. The first-order valence-corrected chi connectivity index (χ1v) is 6.35. The highest BCUT2D eigenvalue weighted by Crippen LogP contribution is 2.19. The summed E-state index contributed by atoms with van der Waals surface area (Å²) in [7, 11) is 0. The lowest BCUT2D eigenvalue weighted by Gasteiger charge is -2.17. The zero-order valence-corrected chi connectivity index (χ0v) is 11.4. The van der Waals surface area contributed by atoms with Crippen LogP contribution < -0.4 is 4.74 Å². The second kappa shape index (κ2) is 7.47. The fourth-order valence-electron chi connectivity index (χ4n) is 1.64. The maximum Gasteiger partial charge on any atom is 0.347 e. The van der Waals surface area contributed by atoms with Gasteiger partial charge in [0, 0.05) is 6.07 Å². The number of hydrogen-bond donors (Lipinski definition) is 1. The normalized spacial score (nSPS) is 11.8. The van der Waals surface area contributed by atoms with E-state index in [4.69, 9.17) is 14.6 Å². The lowest BCUT2D eigenvalue weighted by molar-refractivity contribution is -0.151. The molecule has 0 aliphatic heterocycles. The molecule has 1 atom stereocenters. The fourth-order valence-corrected chi connectivity index (χ4v) is 1.64. The number of hydrogen-bond acceptors (Lipinski definition) is 4. The average molecular weight is 284 g/mol. The molecule has 0 amide bonds. The Morgan fingerprint density at radius 3 is 2.55 bits per heavy atom. The van der Waals surface area contributed by atoms with Crippen LogP contribution >= 0.6 is 0 Å². The van der Waals surface area contributed by atoms with Crippen molar-refractivity contribution in [3.63, 3.8) is 0 Å². The van der Waals surface area contributed by atoms with E-state index in [-0.39, 0.29) is 17.9 Å². The predicted molar refractivity (Wildman–Crippen MR) is 69.3 cm³/mol. The smallest absolute Gasteiger partial charge is 0.347 e. The molecule has 0 aliphatic carbocycles. The number of aromatic carboxylic acids is 1. The van der Waals surface area contributed by atoms with Crippen LogP contribution in [0.4, 0.5) is 4.39 Å². The molecule has 0 fully saturated rings. The molecule has 0 spiro atoms. The van der Waals surface area contributed by atoms with E-state index in [1.807, 2.05) is 6.92 Å². The van der Waals surface area contributed by atoms with Gasteiger partial charge >= 0.3 is 11.9 Å². The predicted octanol–water partition coefficient (Wildman–Crippen LogP) is 2.63. The van der Waals surface area contributed by atoms with E-state index in [9.17, 15) is 14.0 Å². The molecule has 0 heterocycles. The van der Waals surface area contributed by atoms with Crippen LogP contribution in [0.15, 0.2) is 18.2 Å². The summed E-state index contributed by atoms with van der Waals surface area (Å²) in [6.07, 6.45) is 0.200. The van der Waals surface area contributed by atoms with Crippen LogP contribution in [0.25, 0.3) is 0 Å². The van der Waals surface area contributed by atoms with Crippen molar-refractivity contribution in [2.24, 2.45) is 0 Å². The van der Waals surface area contributed by atoms with Crippen molar-refractivity contribution in [3.8, 4) is 5.75 Å². The number of esters is 1. The van der Waals surface area contributed by atoms with Gasteiger partial charge in [-0.05, 0) is 25.5 Å². The molecule has 5 nitrogen and oxygen atoms in total. The summed E-state index contributed by atoms with van der Waals surface area (Å²) in [5.74, 6) is -2.55. The number of carbonyl (C=O) groups excluding carboxylic acids is 1. The van der Waals surface area contributed by atoms with Gasteiger partial charge in [0.2, 0.25) is 0 Å². The van der Waals surface area contributed by atoms with E-state index in [1.165, 1.54) is 6.07 Å². The van der Waals surface area contributed by atoms with Crippen molar-refractivity contribution in [3.05, 3.63) is 29.6 Å². The quantitative estimate of drug-likeness (QED) is 0.779. The lowest BCUT2D eigenvalue weighted by atomic mass is 10.2. The van der Waals surface area contributed by atoms with Gasteiger partial charge in [0.1, 0.15) is 11.6 Å². The summed E-state index contributed by atoms with van der Waals surface area (Å²) in [4.78, 5) is 22.5. The Morgan fingerprint density at radius 1 is 1.30 bits per heavy atom. The Kier molecular flexibility index (Phi) is 5.96. The number of benzene rings is 1. The minimum absolute atomic E-state index is 0.00565. The van der Waals surface area contributed by atoms with Crippen molar-refractivity contribution < 1.29 is 28.6 Å². The highest BCUT2D eigenvalue weighted by molar-refractivity contribution is 5.88. The molecule has 20 heavy (non-hydrogen) atoms. The zero-order valence-electron chi connectivity index (χ0n) is 11.4. The van der Waals surface area contributed by atoms with E-state index < -0.39 is 23.9 Å². The van der Waals surface area contributed by atoms with Crippen LogP contribution in [-0.2, 0) is 9.53 Å². The summed E-state index contributed by atoms with van der Waals surface area (Å²) < 4.78 is 23.5. The van der Waals surface area contributed by atoms with E-state index in [2.05, 4.69) is 0 Å². The van der Waals surface area contributed by atoms with Gasteiger partial charge in [-0.15, -0.1) is 0 Å². The lowest BCUT2D eigenvalue weighted by Crippen LogP contribution is -2.29. The number of carboxylic acids is 1. The molecular weight excluding hydrogens is 267 g/mol. The van der Waals surface area contributed by atoms with Gasteiger partial charge in [-0.2, -0.15) is 0 Å².